The molecule has 0 atom stereocenters. The van der Waals surface area contributed by atoms with Crippen LogP contribution < -0.4 is 0 Å². The minimum atomic E-state index is 2.25. The van der Waals surface area contributed by atoms with Crippen molar-refractivity contribution >= 4 is 0 Å². The Balaban J connectivity index is 0. The molecule has 0 aliphatic heterocycles. The summed E-state index contributed by atoms with van der Waals surface area (Å²) in [4.78, 5) is 0. The molecule has 5 heavy (non-hydrogen) atoms. The van der Waals surface area contributed by atoms with Gasteiger partial charge in [0.2, 0.25) is 0 Å². The standard InChI is InChI=1S/Co.H2O3.O/c;1-3-2;/h;1-2H;. The van der Waals surface area contributed by atoms with Crippen LogP contribution in [0.4, 0.5) is 0 Å². The Morgan fingerprint density at radius 2 is 1.40 bits per heavy atom. The molecule has 0 fully saturated rings. The van der Waals surface area contributed by atoms with E-state index in [1.54, 1.807) is 0 Å². The summed E-state index contributed by atoms with van der Waals surface area (Å²) in [6.45, 7) is 0. The summed E-state index contributed by atoms with van der Waals surface area (Å²) in [5.74, 6) is 0. The number of hydrogen-bond acceptors (Lipinski definition) is 4. The van der Waals surface area contributed by atoms with Gasteiger partial charge in [-0.2, -0.15) is 0 Å². The zero-order valence-corrected chi connectivity index (χ0v) is 3.09. The van der Waals surface area contributed by atoms with Gasteiger partial charge < -0.3 is 0 Å². The van der Waals surface area contributed by atoms with E-state index in [0.29, 0.717) is 0 Å². The Kier molecular flexibility index (Phi) is 54.1. The molecular weight excluding hydrogens is 123 g/mol. The fraction of sp³-hybridized carbons (Fsp3) is 0. The third kappa shape index (κ3) is 575. The van der Waals surface area contributed by atoms with Crippen LogP contribution in [0, 0.1) is 0 Å². The second-order valence-electron chi connectivity index (χ2n) is 0.0816. The van der Waals surface area contributed by atoms with Crippen LogP contribution in [0.3, 0.4) is 0 Å². The number of rotatable bonds is 0. The van der Waals surface area contributed by atoms with Crippen molar-refractivity contribution in [2.45, 2.75) is 0 Å². The molecule has 0 radical (unpaired) electrons. The van der Waals surface area contributed by atoms with Crippen LogP contribution in [0.25, 0.3) is 0 Å². The van der Waals surface area contributed by atoms with E-state index in [2.05, 4.69) is 20.7 Å². The molecule has 5 heteroatoms. The van der Waals surface area contributed by atoms with Crippen molar-refractivity contribution in [3.8, 4) is 0 Å². The third-order valence-corrected chi connectivity index (χ3v) is 0. The van der Waals surface area contributed by atoms with Crippen molar-refractivity contribution in [3.05, 3.63) is 0 Å². The summed E-state index contributed by atoms with van der Waals surface area (Å²) in [6, 6.07) is 0. The molecule has 35 valence electrons. The van der Waals surface area contributed by atoms with Crippen molar-refractivity contribution in [2.75, 3.05) is 0 Å². The molecule has 0 amide bonds. The van der Waals surface area contributed by atoms with Gasteiger partial charge in [0.15, 0.2) is 0 Å². The van der Waals surface area contributed by atoms with Gasteiger partial charge in [0.05, 0.1) is 0 Å². The van der Waals surface area contributed by atoms with E-state index in [4.69, 9.17) is 14.4 Å². The van der Waals surface area contributed by atoms with E-state index in [9.17, 15) is 0 Å². The summed E-state index contributed by atoms with van der Waals surface area (Å²) in [5, 5.41) is 15.5. The van der Waals surface area contributed by atoms with Gasteiger partial charge in [0.25, 0.3) is 0 Å². The van der Waals surface area contributed by atoms with Crippen LogP contribution in [0.15, 0.2) is 0 Å². The molecule has 0 rings (SSSR count). The maximum absolute atomic E-state index is 7.94. The SMILES string of the molecule is OOO.[O]=[Co]. The van der Waals surface area contributed by atoms with Gasteiger partial charge in [0, 0.05) is 0 Å². The van der Waals surface area contributed by atoms with Crippen LogP contribution in [0.5, 0.6) is 0 Å². The molecule has 0 aliphatic carbocycles. The Morgan fingerprint density at radius 3 is 1.40 bits per heavy atom. The summed E-state index contributed by atoms with van der Waals surface area (Å²) in [5.41, 5.74) is 0. The normalized spacial score (nSPS) is 4.60. The first kappa shape index (κ1) is 8.95. The van der Waals surface area contributed by atoms with Crippen molar-refractivity contribution in [3.63, 3.8) is 0 Å². The summed E-state index contributed by atoms with van der Waals surface area (Å²) < 4.78 is 7.94. The van der Waals surface area contributed by atoms with Crippen molar-refractivity contribution in [1.82, 2.24) is 0 Å². The molecule has 0 heterocycles. The van der Waals surface area contributed by atoms with Crippen LogP contribution >= 0.6 is 0 Å². The van der Waals surface area contributed by atoms with Crippen molar-refractivity contribution < 1.29 is 35.1 Å². The third-order valence-electron chi connectivity index (χ3n) is 0. The fourth-order valence-corrected chi connectivity index (χ4v) is 0. The summed E-state index contributed by atoms with van der Waals surface area (Å²) in [7, 11) is 0. The average Bonchev–Trinajstić information content (AvgIpc) is 1.46. The summed E-state index contributed by atoms with van der Waals surface area (Å²) in [6.07, 6.45) is 0. The first-order valence-corrected chi connectivity index (χ1v) is 0.926. The van der Waals surface area contributed by atoms with E-state index in [1.807, 2.05) is 0 Å². The Bertz CT molecular complexity index is 7.61. The minimum absolute atomic E-state index is 2.25. The van der Waals surface area contributed by atoms with Crippen LogP contribution in [-0.2, 0) is 24.6 Å². The molecule has 0 saturated heterocycles. The second-order valence-corrected chi connectivity index (χ2v) is 0.0816. The Morgan fingerprint density at radius 1 is 1.40 bits per heavy atom. The van der Waals surface area contributed by atoms with Gasteiger partial charge >= 0.3 is 19.5 Å². The second kappa shape index (κ2) is 30.2. The first-order chi connectivity index (χ1) is 2.41. The molecule has 0 aromatic heterocycles. The molecule has 0 bridgehead atoms. The molecule has 0 saturated carbocycles. The molecule has 2 N–H and O–H groups in total. The summed E-state index contributed by atoms with van der Waals surface area (Å²) >= 11 is 2.31. The molecule has 0 spiro atoms. The predicted octanol–water partition coefficient (Wildman–Crippen LogP) is -0.172. The van der Waals surface area contributed by atoms with E-state index in [1.165, 1.54) is 0 Å². The van der Waals surface area contributed by atoms with Gasteiger partial charge in [-0.3, -0.25) is 0 Å². The zero-order chi connectivity index (χ0) is 4.71. The van der Waals surface area contributed by atoms with E-state index in [0.717, 1.165) is 0 Å². The monoisotopic (exact) mass is 125 g/mol. The van der Waals surface area contributed by atoms with Gasteiger partial charge in [-0.25, -0.2) is 10.5 Å². The van der Waals surface area contributed by atoms with Crippen LogP contribution in [0.1, 0.15) is 0 Å². The van der Waals surface area contributed by atoms with Crippen LogP contribution in [0.2, 0.25) is 0 Å². The van der Waals surface area contributed by atoms with E-state index >= 15 is 0 Å². The maximum atomic E-state index is 7.94. The molecule has 0 unspecified atom stereocenters. The molecule has 0 aromatic carbocycles. The van der Waals surface area contributed by atoms with Gasteiger partial charge in [-0.1, -0.05) is 5.04 Å². The Hall–Kier alpha value is 0.186. The fourth-order valence-electron chi connectivity index (χ4n) is 0. The Labute approximate surface area is 36.0 Å². The molecule has 0 aromatic rings. The quantitative estimate of drug-likeness (QED) is 0.348. The van der Waals surface area contributed by atoms with E-state index < -0.39 is 0 Å². The van der Waals surface area contributed by atoms with Crippen molar-refractivity contribution in [2.24, 2.45) is 0 Å². The van der Waals surface area contributed by atoms with Crippen LogP contribution in [-0.4, -0.2) is 10.5 Å². The zero-order valence-electron chi connectivity index (χ0n) is 2.04. The molecule has 0 aliphatic rings. The number of hydrogen-bond donors (Lipinski definition) is 2. The predicted molar refractivity (Wildman–Crippen MR) is 7.03 cm³/mol. The van der Waals surface area contributed by atoms with Crippen molar-refractivity contribution in [1.29, 1.82) is 0 Å². The first-order valence-electron chi connectivity index (χ1n) is 0.501. The van der Waals surface area contributed by atoms with Gasteiger partial charge in [-0.15, -0.1) is 0 Å². The molecular formula is H2CoO4. The van der Waals surface area contributed by atoms with Gasteiger partial charge in [0.1, 0.15) is 0 Å². The molecule has 4 nitrogen and oxygen atoms in total. The average molecular weight is 125 g/mol. The van der Waals surface area contributed by atoms with Gasteiger partial charge in [-0.05, 0) is 0 Å². The topological polar surface area (TPSA) is 66.8 Å². The van der Waals surface area contributed by atoms with E-state index in [-0.39, 0.29) is 0 Å².